The third-order valence-corrected chi connectivity index (χ3v) is 5.05. The summed E-state index contributed by atoms with van der Waals surface area (Å²) in [4.78, 5) is 24.1. The minimum atomic E-state index is -0.906. The molecule has 3 aromatic carbocycles. The molecule has 3 aromatic rings. The van der Waals surface area contributed by atoms with E-state index >= 15 is 0 Å². The van der Waals surface area contributed by atoms with Crippen molar-refractivity contribution < 1.29 is 32.9 Å². The first kappa shape index (κ1) is 24.5. The van der Waals surface area contributed by atoms with E-state index in [1.165, 1.54) is 18.3 Å². The maximum atomic E-state index is 13.1. The van der Waals surface area contributed by atoms with Gasteiger partial charge in [0, 0.05) is 6.54 Å². The maximum absolute atomic E-state index is 13.1. The number of nitrogens with one attached hydrogen (secondary N) is 2. The zero-order chi connectivity index (χ0) is 25.3. The molecule has 0 saturated carbocycles. The lowest BCUT2D eigenvalue weighted by atomic mass is 10.2. The molecule has 0 saturated heterocycles. The second kappa shape index (κ2) is 11.7. The van der Waals surface area contributed by atoms with Crippen molar-refractivity contribution >= 4 is 18.0 Å². The highest BCUT2D eigenvalue weighted by atomic mass is 19.1. The van der Waals surface area contributed by atoms with Crippen LogP contribution in [0.25, 0.3) is 0 Å². The molecule has 0 aliphatic carbocycles. The number of fused-ring (bicyclic) bond motifs is 1. The molecule has 10 heteroatoms. The zero-order valence-electron chi connectivity index (χ0n) is 19.5. The molecule has 0 atom stereocenters. The average molecular weight is 493 g/mol. The van der Waals surface area contributed by atoms with E-state index in [0.717, 1.165) is 11.1 Å². The summed E-state index contributed by atoms with van der Waals surface area (Å²) in [6.07, 6.45) is 1.38. The van der Waals surface area contributed by atoms with Crippen LogP contribution in [0.15, 0.2) is 65.8 Å². The zero-order valence-corrected chi connectivity index (χ0v) is 19.5. The van der Waals surface area contributed by atoms with E-state index in [-0.39, 0.29) is 25.8 Å². The monoisotopic (exact) mass is 493 g/mol. The summed E-state index contributed by atoms with van der Waals surface area (Å²) in [5.74, 6) is 0.167. The summed E-state index contributed by atoms with van der Waals surface area (Å²) >= 11 is 0. The summed E-state index contributed by atoms with van der Waals surface area (Å²) in [6.45, 7) is 2.79. The van der Waals surface area contributed by atoms with Crippen LogP contribution >= 0.6 is 0 Å². The number of rotatable bonds is 9. The number of carbonyl (C=O) groups excluding carboxylic acids is 2. The number of benzene rings is 3. The lowest BCUT2D eigenvalue weighted by Gasteiger charge is -2.12. The molecule has 9 nitrogen and oxygen atoms in total. The highest BCUT2D eigenvalue weighted by Gasteiger charge is 2.15. The minimum absolute atomic E-state index is 0.143. The maximum Gasteiger partial charge on any atom is 0.329 e. The Hall–Kier alpha value is -4.60. The Kier molecular flexibility index (Phi) is 7.97. The van der Waals surface area contributed by atoms with Gasteiger partial charge in [-0.2, -0.15) is 5.10 Å². The molecule has 0 aromatic heterocycles. The Balaban J connectivity index is 1.29. The highest BCUT2D eigenvalue weighted by Crippen LogP contribution is 2.32. The van der Waals surface area contributed by atoms with Crippen LogP contribution in [-0.4, -0.2) is 31.4 Å². The number of amides is 2. The van der Waals surface area contributed by atoms with Crippen LogP contribution in [0.1, 0.15) is 23.6 Å². The van der Waals surface area contributed by atoms with Crippen LogP contribution in [0.4, 0.5) is 4.39 Å². The van der Waals surface area contributed by atoms with E-state index in [1.54, 1.807) is 48.5 Å². The normalized spacial score (nSPS) is 11.8. The first-order chi connectivity index (χ1) is 17.5. The topological polar surface area (TPSA) is 107 Å². The Morgan fingerprint density at radius 1 is 0.944 bits per heavy atom. The summed E-state index contributed by atoms with van der Waals surface area (Å²) in [5, 5.41) is 6.37. The van der Waals surface area contributed by atoms with Crippen molar-refractivity contribution in [3.8, 4) is 23.0 Å². The van der Waals surface area contributed by atoms with E-state index in [4.69, 9.17) is 18.9 Å². The molecule has 36 heavy (non-hydrogen) atoms. The van der Waals surface area contributed by atoms with Crippen molar-refractivity contribution in [1.29, 1.82) is 0 Å². The number of carbonyl (C=O) groups is 2. The largest absolute Gasteiger partial charge is 0.490 e. The predicted octanol–water partition coefficient (Wildman–Crippen LogP) is 3.30. The highest BCUT2D eigenvalue weighted by molar-refractivity contribution is 6.35. The van der Waals surface area contributed by atoms with Crippen molar-refractivity contribution in [3.63, 3.8) is 0 Å². The van der Waals surface area contributed by atoms with Gasteiger partial charge in [-0.1, -0.05) is 18.2 Å². The van der Waals surface area contributed by atoms with E-state index in [2.05, 4.69) is 15.8 Å². The lowest BCUT2D eigenvalue weighted by Crippen LogP contribution is -2.37. The molecule has 1 aliphatic heterocycles. The van der Waals surface area contributed by atoms with Crippen LogP contribution in [0.2, 0.25) is 0 Å². The van der Waals surface area contributed by atoms with Gasteiger partial charge in [0.25, 0.3) is 0 Å². The first-order valence-corrected chi connectivity index (χ1v) is 11.2. The molecule has 186 valence electrons. The average Bonchev–Trinajstić information content (AvgIpc) is 3.36. The second-order valence-electron chi connectivity index (χ2n) is 7.62. The number of halogens is 1. The van der Waals surface area contributed by atoms with Gasteiger partial charge < -0.3 is 24.3 Å². The Bertz CT molecular complexity index is 1260. The van der Waals surface area contributed by atoms with Gasteiger partial charge in [0.05, 0.1) is 12.8 Å². The van der Waals surface area contributed by atoms with Crippen LogP contribution in [0.5, 0.6) is 23.0 Å². The molecule has 1 aliphatic rings. The van der Waals surface area contributed by atoms with Gasteiger partial charge in [-0.15, -0.1) is 0 Å². The number of hydrogen-bond donors (Lipinski definition) is 2. The summed E-state index contributed by atoms with van der Waals surface area (Å²) < 4.78 is 35.1. The summed E-state index contributed by atoms with van der Waals surface area (Å²) in [7, 11) is 0. The molecular weight excluding hydrogens is 469 g/mol. The van der Waals surface area contributed by atoms with Crippen LogP contribution in [0.3, 0.4) is 0 Å². The van der Waals surface area contributed by atoms with Crippen molar-refractivity contribution in [3.05, 3.63) is 83.2 Å². The minimum Gasteiger partial charge on any atom is -0.490 e. The van der Waals surface area contributed by atoms with Gasteiger partial charge in [-0.05, 0) is 66.1 Å². The van der Waals surface area contributed by atoms with E-state index in [0.29, 0.717) is 35.2 Å². The van der Waals surface area contributed by atoms with Gasteiger partial charge >= 0.3 is 11.8 Å². The number of hydrogen-bond acceptors (Lipinski definition) is 7. The van der Waals surface area contributed by atoms with Crippen molar-refractivity contribution in [2.75, 3.05) is 13.4 Å². The molecule has 1 heterocycles. The fraction of sp³-hybridized carbons (Fsp3) is 0.192. The molecule has 0 radical (unpaired) electrons. The SMILES string of the molecule is CCOc1cc(/C=N\NC(=O)C(=O)NCc2ccc3c(c2)OCO3)ccc1OCc1ccc(F)cc1. The van der Waals surface area contributed by atoms with Gasteiger partial charge in [0.1, 0.15) is 12.4 Å². The molecular formula is C26H24FN3O6. The molecule has 0 fully saturated rings. The van der Waals surface area contributed by atoms with E-state index in [1.807, 2.05) is 6.92 Å². The Morgan fingerprint density at radius 3 is 2.53 bits per heavy atom. The van der Waals surface area contributed by atoms with Crippen molar-refractivity contribution in [1.82, 2.24) is 10.7 Å². The number of nitrogens with zero attached hydrogens (tertiary/aromatic N) is 1. The van der Waals surface area contributed by atoms with Gasteiger partial charge in [0.15, 0.2) is 23.0 Å². The van der Waals surface area contributed by atoms with E-state index in [9.17, 15) is 14.0 Å². The molecule has 0 spiro atoms. The number of ether oxygens (including phenoxy) is 4. The van der Waals surface area contributed by atoms with Crippen LogP contribution in [0, 0.1) is 5.82 Å². The molecule has 4 rings (SSSR count). The standard InChI is InChI=1S/C26H24FN3O6/c1-2-33-23-12-19(6-9-21(23)34-15-17-3-7-20(27)8-4-17)14-29-30-26(32)25(31)28-13-18-5-10-22-24(11-18)36-16-35-22/h3-12,14H,2,13,15-16H2,1H3,(H,28,31)(H,30,32)/b29-14-. The number of hydrazone groups is 1. The van der Waals surface area contributed by atoms with Gasteiger partial charge in [0.2, 0.25) is 6.79 Å². The predicted molar refractivity (Wildman–Crippen MR) is 128 cm³/mol. The van der Waals surface area contributed by atoms with Crippen LogP contribution < -0.4 is 29.7 Å². The molecule has 2 N–H and O–H groups in total. The van der Waals surface area contributed by atoms with Crippen molar-refractivity contribution in [2.24, 2.45) is 5.10 Å². The third kappa shape index (κ3) is 6.50. The Morgan fingerprint density at radius 2 is 1.72 bits per heavy atom. The quantitative estimate of drug-likeness (QED) is 0.269. The first-order valence-electron chi connectivity index (χ1n) is 11.2. The molecule has 0 bridgehead atoms. The fourth-order valence-corrected chi connectivity index (χ4v) is 3.26. The van der Waals surface area contributed by atoms with Crippen LogP contribution in [-0.2, 0) is 22.7 Å². The second-order valence-corrected chi connectivity index (χ2v) is 7.62. The summed E-state index contributed by atoms with van der Waals surface area (Å²) in [5.41, 5.74) is 4.38. The van der Waals surface area contributed by atoms with E-state index < -0.39 is 11.8 Å². The fourth-order valence-electron chi connectivity index (χ4n) is 3.26. The van der Waals surface area contributed by atoms with Crippen molar-refractivity contribution in [2.45, 2.75) is 20.1 Å². The summed E-state index contributed by atoms with van der Waals surface area (Å²) in [6, 6.07) is 16.4. The smallest absolute Gasteiger partial charge is 0.329 e. The van der Waals surface area contributed by atoms with Gasteiger partial charge in [-0.25, -0.2) is 9.82 Å². The van der Waals surface area contributed by atoms with Gasteiger partial charge in [-0.3, -0.25) is 9.59 Å². The molecule has 0 unspecified atom stereocenters. The molecule has 2 amide bonds. The Labute approximate surface area is 206 Å². The lowest BCUT2D eigenvalue weighted by molar-refractivity contribution is -0.139. The third-order valence-electron chi connectivity index (χ3n) is 5.05.